The number of carbonyl (C=O) groups is 1. The molecule has 2 fully saturated rings. The van der Waals surface area contributed by atoms with E-state index in [1.165, 1.54) is 30.4 Å². The van der Waals surface area contributed by atoms with E-state index in [-0.39, 0.29) is 11.3 Å². The third-order valence-electron chi connectivity index (χ3n) is 6.71. The second-order valence-electron chi connectivity index (χ2n) is 8.31. The predicted molar refractivity (Wildman–Crippen MR) is 98.8 cm³/mol. The summed E-state index contributed by atoms with van der Waals surface area (Å²) >= 11 is 0. The summed E-state index contributed by atoms with van der Waals surface area (Å²) in [5.41, 5.74) is 3.23. The zero-order valence-corrected chi connectivity index (χ0v) is 15.5. The van der Waals surface area contributed by atoms with Crippen molar-refractivity contribution >= 4 is 5.91 Å². The molecule has 0 aromatic heterocycles. The maximum atomic E-state index is 12.3. The van der Waals surface area contributed by atoms with E-state index in [0.29, 0.717) is 18.4 Å². The topological polar surface area (TPSA) is 32.8 Å². The molecule has 2 atom stereocenters. The lowest BCUT2D eigenvalue weighted by atomic mass is 9.73. The predicted octanol–water partition coefficient (Wildman–Crippen LogP) is 2.77. The molecule has 1 aromatic carbocycles. The zero-order chi connectivity index (χ0) is 17.4. The largest absolute Gasteiger partial charge is 0.380 e. The van der Waals surface area contributed by atoms with Gasteiger partial charge in [0, 0.05) is 33.2 Å². The van der Waals surface area contributed by atoms with E-state index >= 15 is 0 Å². The maximum Gasteiger partial charge on any atom is 0.222 e. The van der Waals surface area contributed by atoms with Crippen LogP contribution in [0.2, 0.25) is 0 Å². The number of carbonyl (C=O) groups excluding carboxylic acids is 1. The number of amides is 1. The third-order valence-corrected chi connectivity index (χ3v) is 6.71. The number of rotatable bonds is 3. The summed E-state index contributed by atoms with van der Waals surface area (Å²) in [6, 6.07) is 9.52. The number of ether oxygens (including phenoxy) is 1. The molecule has 25 heavy (non-hydrogen) atoms. The third kappa shape index (κ3) is 3.11. The molecule has 2 aliphatic heterocycles. The van der Waals surface area contributed by atoms with Crippen molar-refractivity contribution in [2.75, 3.05) is 40.4 Å². The fourth-order valence-corrected chi connectivity index (χ4v) is 5.20. The molecule has 0 unspecified atom stereocenters. The van der Waals surface area contributed by atoms with E-state index < -0.39 is 0 Å². The highest BCUT2D eigenvalue weighted by atomic mass is 16.5. The monoisotopic (exact) mass is 342 g/mol. The second-order valence-corrected chi connectivity index (χ2v) is 8.31. The van der Waals surface area contributed by atoms with Gasteiger partial charge in [-0.25, -0.2) is 0 Å². The first kappa shape index (κ1) is 17.0. The lowest BCUT2D eigenvalue weighted by Gasteiger charge is -2.42. The Labute approximate surface area is 151 Å². The number of piperidine rings is 1. The highest BCUT2D eigenvalue weighted by Crippen LogP contribution is 2.53. The molecule has 1 amide bonds. The zero-order valence-electron chi connectivity index (χ0n) is 15.5. The van der Waals surface area contributed by atoms with Gasteiger partial charge in [0.25, 0.3) is 0 Å². The minimum Gasteiger partial charge on any atom is -0.380 e. The van der Waals surface area contributed by atoms with Crippen LogP contribution in [0.3, 0.4) is 0 Å². The molecule has 2 heterocycles. The average Bonchev–Trinajstić information content (AvgIpc) is 3.24. The van der Waals surface area contributed by atoms with Gasteiger partial charge in [-0.2, -0.15) is 0 Å². The number of hydrogen-bond donors (Lipinski definition) is 0. The van der Waals surface area contributed by atoms with Crippen molar-refractivity contribution in [2.24, 2.45) is 0 Å². The Morgan fingerprint density at radius 1 is 1.28 bits per heavy atom. The quantitative estimate of drug-likeness (QED) is 0.847. The van der Waals surface area contributed by atoms with Gasteiger partial charge in [-0.3, -0.25) is 9.69 Å². The highest BCUT2D eigenvalue weighted by Gasteiger charge is 2.46. The highest BCUT2D eigenvalue weighted by molar-refractivity contribution is 5.77. The molecule has 1 aliphatic carbocycles. The lowest BCUT2D eigenvalue weighted by Crippen LogP contribution is -2.46. The van der Waals surface area contributed by atoms with Gasteiger partial charge in [0.1, 0.15) is 0 Å². The van der Waals surface area contributed by atoms with Gasteiger partial charge >= 0.3 is 0 Å². The van der Waals surface area contributed by atoms with Crippen LogP contribution < -0.4 is 0 Å². The van der Waals surface area contributed by atoms with Crippen LogP contribution in [0.15, 0.2) is 24.3 Å². The Bertz CT molecular complexity index is 629. The van der Waals surface area contributed by atoms with Crippen LogP contribution in [-0.4, -0.2) is 62.1 Å². The molecule has 3 aliphatic rings. The Balaban J connectivity index is 1.52. The Kier molecular flexibility index (Phi) is 4.59. The number of fused-ring (bicyclic) bond motifs is 2. The first-order chi connectivity index (χ1) is 12.1. The molecule has 4 rings (SSSR count). The molecule has 4 heteroatoms. The smallest absolute Gasteiger partial charge is 0.222 e. The normalized spacial score (nSPS) is 28.2. The number of likely N-dealkylation sites (tertiary alicyclic amines) is 1. The van der Waals surface area contributed by atoms with E-state index in [2.05, 4.69) is 29.2 Å². The Morgan fingerprint density at radius 3 is 2.72 bits per heavy atom. The van der Waals surface area contributed by atoms with Crippen LogP contribution in [0.4, 0.5) is 0 Å². The minimum atomic E-state index is 0.248. The average molecular weight is 342 g/mol. The van der Waals surface area contributed by atoms with Crippen molar-refractivity contribution in [1.82, 2.24) is 9.80 Å². The van der Waals surface area contributed by atoms with Crippen LogP contribution in [0.5, 0.6) is 0 Å². The van der Waals surface area contributed by atoms with Gasteiger partial charge in [-0.1, -0.05) is 24.3 Å². The second kappa shape index (κ2) is 6.73. The van der Waals surface area contributed by atoms with Gasteiger partial charge in [0.05, 0.1) is 6.61 Å². The van der Waals surface area contributed by atoms with Crippen molar-refractivity contribution in [3.05, 3.63) is 35.4 Å². The van der Waals surface area contributed by atoms with Gasteiger partial charge in [-0.15, -0.1) is 0 Å². The van der Waals surface area contributed by atoms with E-state index in [1.54, 1.807) is 4.90 Å². The molecular weight excluding hydrogens is 312 g/mol. The summed E-state index contributed by atoms with van der Waals surface area (Å²) < 4.78 is 5.58. The molecule has 1 aromatic rings. The van der Waals surface area contributed by atoms with Crippen LogP contribution in [0, 0.1) is 0 Å². The lowest BCUT2D eigenvalue weighted by molar-refractivity contribution is -0.129. The molecule has 0 bridgehead atoms. The van der Waals surface area contributed by atoms with Crippen molar-refractivity contribution in [2.45, 2.75) is 49.5 Å². The van der Waals surface area contributed by atoms with Gasteiger partial charge in [0.15, 0.2) is 0 Å². The van der Waals surface area contributed by atoms with Crippen molar-refractivity contribution in [3.8, 4) is 0 Å². The summed E-state index contributed by atoms with van der Waals surface area (Å²) in [5, 5.41) is 0. The van der Waals surface area contributed by atoms with E-state index in [9.17, 15) is 4.79 Å². The molecule has 0 N–H and O–H groups in total. The fraction of sp³-hybridized carbons (Fsp3) is 0.667. The molecule has 0 saturated carbocycles. The molecular formula is C21H30N2O2. The Morgan fingerprint density at radius 2 is 2.04 bits per heavy atom. The SMILES string of the molecule is CN(C)C(=O)C[C@@H]1CC2(CCN([C@@H]3CCOC3)CC2)c2ccccc21. The number of nitrogens with zero attached hydrogens (tertiary/aromatic N) is 2. The summed E-state index contributed by atoms with van der Waals surface area (Å²) in [7, 11) is 3.72. The molecule has 4 nitrogen and oxygen atoms in total. The van der Waals surface area contributed by atoms with Crippen molar-refractivity contribution in [3.63, 3.8) is 0 Å². The van der Waals surface area contributed by atoms with E-state index in [1.807, 2.05) is 14.1 Å². The molecule has 136 valence electrons. The van der Waals surface area contributed by atoms with Crippen LogP contribution in [0.25, 0.3) is 0 Å². The van der Waals surface area contributed by atoms with Crippen molar-refractivity contribution in [1.29, 1.82) is 0 Å². The van der Waals surface area contributed by atoms with Gasteiger partial charge in [0.2, 0.25) is 5.91 Å². The first-order valence-electron chi connectivity index (χ1n) is 9.70. The standard InChI is InChI=1S/C21H30N2O2/c1-22(2)20(24)13-16-14-21(19-6-4-3-5-18(16)19)8-10-23(11-9-21)17-7-12-25-15-17/h3-6,16-17H,7-15H2,1-2H3/t16-,17-/m1/s1. The van der Waals surface area contributed by atoms with E-state index in [0.717, 1.165) is 32.7 Å². The minimum absolute atomic E-state index is 0.248. The fourth-order valence-electron chi connectivity index (χ4n) is 5.20. The van der Waals surface area contributed by atoms with E-state index in [4.69, 9.17) is 4.74 Å². The molecule has 1 spiro atoms. The molecule has 0 radical (unpaired) electrons. The van der Waals surface area contributed by atoms with Crippen LogP contribution >= 0.6 is 0 Å². The first-order valence-corrected chi connectivity index (χ1v) is 9.70. The summed E-state index contributed by atoms with van der Waals surface area (Å²) in [6.45, 7) is 4.15. The Hall–Kier alpha value is -1.39. The number of hydrogen-bond acceptors (Lipinski definition) is 3. The molecule has 2 saturated heterocycles. The van der Waals surface area contributed by atoms with Gasteiger partial charge < -0.3 is 9.64 Å². The summed E-state index contributed by atoms with van der Waals surface area (Å²) in [4.78, 5) is 16.7. The van der Waals surface area contributed by atoms with Crippen molar-refractivity contribution < 1.29 is 9.53 Å². The summed E-state index contributed by atoms with van der Waals surface area (Å²) in [5.74, 6) is 0.629. The van der Waals surface area contributed by atoms with Gasteiger partial charge in [-0.05, 0) is 61.2 Å². The number of benzene rings is 1. The van der Waals surface area contributed by atoms with Crippen LogP contribution in [-0.2, 0) is 14.9 Å². The maximum absolute atomic E-state index is 12.3. The van der Waals surface area contributed by atoms with Crippen LogP contribution in [0.1, 0.15) is 49.1 Å². The summed E-state index contributed by atoms with van der Waals surface area (Å²) in [6.07, 6.45) is 5.40.